The molecular formula is C14H18N2O4. The van der Waals surface area contributed by atoms with Gasteiger partial charge in [0, 0.05) is 18.8 Å². The van der Waals surface area contributed by atoms with E-state index in [4.69, 9.17) is 9.84 Å². The van der Waals surface area contributed by atoms with Crippen LogP contribution in [-0.4, -0.2) is 46.6 Å². The Morgan fingerprint density at radius 3 is 2.65 bits per heavy atom. The molecule has 1 aliphatic rings. The van der Waals surface area contributed by atoms with Crippen LogP contribution in [0.1, 0.15) is 18.5 Å². The third-order valence-corrected chi connectivity index (χ3v) is 3.44. The fourth-order valence-electron chi connectivity index (χ4n) is 2.15. The van der Waals surface area contributed by atoms with Crippen LogP contribution in [0.4, 0.5) is 0 Å². The van der Waals surface area contributed by atoms with E-state index in [0.717, 1.165) is 5.69 Å². The average molecular weight is 278 g/mol. The van der Waals surface area contributed by atoms with Gasteiger partial charge in [0.25, 0.3) is 5.91 Å². The van der Waals surface area contributed by atoms with Crippen molar-refractivity contribution in [2.45, 2.75) is 19.8 Å². The van der Waals surface area contributed by atoms with Crippen LogP contribution in [0.25, 0.3) is 0 Å². The smallest absolute Gasteiger partial charge is 0.306 e. The molecule has 0 saturated carbocycles. The van der Waals surface area contributed by atoms with Crippen molar-refractivity contribution in [3.8, 4) is 5.75 Å². The number of carboxylic acid groups (broad SMARTS) is 1. The predicted octanol–water partition coefficient (Wildman–Crippen LogP) is 1.09. The molecule has 1 amide bonds. The third kappa shape index (κ3) is 3.69. The van der Waals surface area contributed by atoms with Crippen LogP contribution in [0.15, 0.2) is 18.3 Å². The number of likely N-dealkylation sites (tertiary alicyclic amines) is 1. The molecule has 1 aliphatic heterocycles. The lowest BCUT2D eigenvalue weighted by atomic mass is 9.97. The van der Waals surface area contributed by atoms with E-state index in [1.54, 1.807) is 17.2 Å². The van der Waals surface area contributed by atoms with Crippen molar-refractivity contribution >= 4 is 11.9 Å². The molecule has 6 nitrogen and oxygen atoms in total. The molecule has 108 valence electrons. The minimum atomic E-state index is -0.779. The van der Waals surface area contributed by atoms with E-state index in [0.29, 0.717) is 31.7 Å². The van der Waals surface area contributed by atoms with Crippen molar-refractivity contribution in [1.29, 1.82) is 0 Å². The lowest BCUT2D eigenvalue weighted by Gasteiger charge is -2.30. The first kappa shape index (κ1) is 14.3. The molecule has 1 aromatic heterocycles. The van der Waals surface area contributed by atoms with Crippen LogP contribution in [-0.2, 0) is 9.59 Å². The number of amides is 1. The van der Waals surface area contributed by atoms with Crippen molar-refractivity contribution in [3.63, 3.8) is 0 Å². The number of nitrogens with zero attached hydrogens (tertiary/aromatic N) is 2. The predicted molar refractivity (Wildman–Crippen MR) is 71.4 cm³/mol. The van der Waals surface area contributed by atoms with Gasteiger partial charge in [-0.25, -0.2) is 0 Å². The summed E-state index contributed by atoms with van der Waals surface area (Å²) < 4.78 is 5.38. The highest BCUT2D eigenvalue weighted by Gasteiger charge is 2.26. The quantitative estimate of drug-likeness (QED) is 0.892. The second-order valence-electron chi connectivity index (χ2n) is 4.92. The molecule has 1 aromatic rings. The summed E-state index contributed by atoms with van der Waals surface area (Å²) in [5, 5.41) is 8.90. The van der Waals surface area contributed by atoms with Crippen LogP contribution in [0.5, 0.6) is 5.75 Å². The fourth-order valence-corrected chi connectivity index (χ4v) is 2.15. The van der Waals surface area contributed by atoms with E-state index >= 15 is 0 Å². The monoisotopic (exact) mass is 278 g/mol. The van der Waals surface area contributed by atoms with Crippen LogP contribution >= 0.6 is 0 Å². The number of rotatable bonds is 4. The van der Waals surface area contributed by atoms with E-state index in [1.807, 2.05) is 13.0 Å². The third-order valence-electron chi connectivity index (χ3n) is 3.44. The summed E-state index contributed by atoms with van der Waals surface area (Å²) in [6, 6.07) is 3.59. The lowest BCUT2D eigenvalue weighted by molar-refractivity contribution is -0.146. The van der Waals surface area contributed by atoms with E-state index in [2.05, 4.69) is 4.98 Å². The number of piperidine rings is 1. The maximum Gasteiger partial charge on any atom is 0.306 e. The minimum Gasteiger partial charge on any atom is -0.482 e. The number of carbonyl (C=O) groups is 2. The number of ether oxygens (including phenoxy) is 1. The van der Waals surface area contributed by atoms with Crippen molar-refractivity contribution in [3.05, 3.63) is 24.0 Å². The molecule has 0 spiro atoms. The first-order valence-electron chi connectivity index (χ1n) is 6.62. The molecule has 0 radical (unpaired) electrons. The number of aryl methyl sites for hydroxylation is 1. The maximum atomic E-state index is 11.9. The minimum absolute atomic E-state index is 0.0392. The lowest BCUT2D eigenvalue weighted by Crippen LogP contribution is -2.42. The van der Waals surface area contributed by atoms with Gasteiger partial charge in [-0.3, -0.25) is 14.6 Å². The van der Waals surface area contributed by atoms with Gasteiger partial charge in [-0.2, -0.15) is 0 Å². The Bertz CT molecular complexity index is 478. The zero-order valence-corrected chi connectivity index (χ0v) is 11.4. The van der Waals surface area contributed by atoms with E-state index < -0.39 is 5.97 Å². The maximum absolute atomic E-state index is 11.9. The molecule has 6 heteroatoms. The van der Waals surface area contributed by atoms with Crippen LogP contribution in [0, 0.1) is 12.8 Å². The molecule has 20 heavy (non-hydrogen) atoms. The summed E-state index contributed by atoms with van der Waals surface area (Å²) in [4.78, 5) is 28.5. The van der Waals surface area contributed by atoms with Gasteiger partial charge < -0.3 is 14.7 Å². The van der Waals surface area contributed by atoms with Gasteiger partial charge in [-0.05, 0) is 31.9 Å². The van der Waals surface area contributed by atoms with Gasteiger partial charge in [-0.1, -0.05) is 0 Å². The van der Waals surface area contributed by atoms with Crippen LogP contribution < -0.4 is 4.74 Å². The fraction of sp³-hybridized carbons (Fsp3) is 0.500. The molecule has 0 bridgehead atoms. The van der Waals surface area contributed by atoms with E-state index in [-0.39, 0.29) is 18.4 Å². The summed E-state index contributed by atoms with van der Waals surface area (Å²) in [7, 11) is 0. The highest BCUT2D eigenvalue weighted by atomic mass is 16.5. The number of pyridine rings is 1. The summed E-state index contributed by atoms with van der Waals surface area (Å²) >= 11 is 0. The van der Waals surface area contributed by atoms with Crippen molar-refractivity contribution in [1.82, 2.24) is 9.88 Å². The molecule has 0 aliphatic carbocycles. The van der Waals surface area contributed by atoms with Crippen molar-refractivity contribution < 1.29 is 19.4 Å². The zero-order chi connectivity index (χ0) is 14.5. The molecular weight excluding hydrogens is 260 g/mol. The molecule has 0 atom stereocenters. The Labute approximate surface area is 117 Å². The van der Waals surface area contributed by atoms with Crippen molar-refractivity contribution in [2.75, 3.05) is 19.7 Å². The molecule has 0 unspecified atom stereocenters. The van der Waals surface area contributed by atoms with E-state index in [9.17, 15) is 9.59 Å². The molecule has 2 rings (SSSR count). The SMILES string of the molecule is Cc1ccc(OCC(=O)N2CCC(C(=O)O)CC2)cn1. The van der Waals surface area contributed by atoms with Gasteiger partial charge in [0.15, 0.2) is 6.61 Å². The van der Waals surface area contributed by atoms with Gasteiger partial charge in [0.1, 0.15) is 5.75 Å². The second-order valence-corrected chi connectivity index (χ2v) is 4.92. The summed E-state index contributed by atoms with van der Waals surface area (Å²) in [5.41, 5.74) is 0.888. The molecule has 1 N–H and O–H groups in total. The number of hydrogen-bond donors (Lipinski definition) is 1. The first-order valence-corrected chi connectivity index (χ1v) is 6.62. The van der Waals surface area contributed by atoms with Gasteiger partial charge in [0.2, 0.25) is 0 Å². The number of carboxylic acids is 1. The molecule has 1 saturated heterocycles. The number of carbonyl (C=O) groups excluding carboxylic acids is 1. The van der Waals surface area contributed by atoms with Gasteiger partial charge in [0.05, 0.1) is 12.1 Å². The van der Waals surface area contributed by atoms with Gasteiger partial charge in [-0.15, -0.1) is 0 Å². The summed E-state index contributed by atoms with van der Waals surface area (Å²) in [6.45, 7) is 2.79. The number of hydrogen-bond acceptors (Lipinski definition) is 4. The molecule has 2 heterocycles. The largest absolute Gasteiger partial charge is 0.482 e. The van der Waals surface area contributed by atoms with E-state index in [1.165, 1.54) is 0 Å². The first-order chi connectivity index (χ1) is 9.56. The second kappa shape index (κ2) is 6.36. The summed E-state index contributed by atoms with van der Waals surface area (Å²) in [5.74, 6) is -0.667. The Kier molecular flexibility index (Phi) is 4.55. The van der Waals surface area contributed by atoms with Crippen LogP contribution in [0.3, 0.4) is 0 Å². The Morgan fingerprint density at radius 1 is 1.40 bits per heavy atom. The molecule has 0 aromatic carbocycles. The Morgan fingerprint density at radius 2 is 2.10 bits per heavy atom. The van der Waals surface area contributed by atoms with Crippen molar-refractivity contribution in [2.24, 2.45) is 5.92 Å². The van der Waals surface area contributed by atoms with Gasteiger partial charge >= 0.3 is 5.97 Å². The zero-order valence-electron chi connectivity index (χ0n) is 11.4. The molecule has 1 fully saturated rings. The van der Waals surface area contributed by atoms with Crippen LogP contribution in [0.2, 0.25) is 0 Å². The number of aromatic nitrogens is 1. The standard InChI is InChI=1S/C14H18N2O4/c1-10-2-3-12(8-15-10)20-9-13(17)16-6-4-11(5-7-16)14(18)19/h2-3,8,11H,4-7,9H2,1H3,(H,18,19). The average Bonchev–Trinajstić information content (AvgIpc) is 2.46. The highest BCUT2D eigenvalue weighted by molar-refractivity contribution is 5.78. The summed E-state index contributed by atoms with van der Waals surface area (Å²) in [6.07, 6.45) is 2.60. The number of aliphatic carboxylic acids is 1. The topological polar surface area (TPSA) is 79.7 Å². The normalized spacial score (nSPS) is 15.9. The Balaban J connectivity index is 1.78. The highest BCUT2D eigenvalue weighted by Crippen LogP contribution is 2.17. The Hall–Kier alpha value is -2.11.